The van der Waals surface area contributed by atoms with E-state index in [1.807, 2.05) is 18.2 Å². The summed E-state index contributed by atoms with van der Waals surface area (Å²) in [7, 11) is 1.63. The number of hydrogen-bond acceptors (Lipinski definition) is 5. The number of amides is 1. The first-order valence-corrected chi connectivity index (χ1v) is 7.76. The average Bonchev–Trinajstić information content (AvgIpc) is 3.10. The van der Waals surface area contributed by atoms with E-state index in [4.69, 9.17) is 9.47 Å². The van der Waals surface area contributed by atoms with E-state index in [0.29, 0.717) is 22.5 Å². The quantitative estimate of drug-likeness (QED) is 0.785. The van der Waals surface area contributed by atoms with Gasteiger partial charge in [-0.05, 0) is 29.8 Å². The SMILES string of the molecule is Cn1c(=O)c(C(=O)NCc2ccc3c(c2)OCO3)nc2ccccc21. The maximum absolute atomic E-state index is 12.4. The van der Waals surface area contributed by atoms with Gasteiger partial charge in [0.05, 0.1) is 11.0 Å². The lowest BCUT2D eigenvalue weighted by Gasteiger charge is -2.09. The number of carbonyl (C=O) groups excluding carboxylic acids is 1. The van der Waals surface area contributed by atoms with Crippen molar-refractivity contribution in [2.45, 2.75) is 6.54 Å². The molecule has 0 fully saturated rings. The van der Waals surface area contributed by atoms with Gasteiger partial charge in [0.2, 0.25) is 6.79 Å². The summed E-state index contributed by atoms with van der Waals surface area (Å²) in [5, 5.41) is 2.73. The predicted molar refractivity (Wildman–Crippen MR) is 90.7 cm³/mol. The number of hydrogen-bond donors (Lipinski definition) is 1. The lowest BCUT2D eigenvalue weighted by atomic mass is 10.2. The molecule has 7 heteroatoms. The van der Waals surface area contributed by atoms with Gasteiger partial charge in [-0.3, -0.25) is 9.59 Å². The molecule has 7 nitrogen and oxygen atoms in total. The van der Waals surface area contributed by atoms with Crippen LogP contribution >= 0.6 is 0 Å². The van der Waals surface area contributed by atoms with Gasteiger partial charge in [-0.15, -0.1) is 0 Å². The molecule has 0 unspecified atom stereocenters. The summed E-state index contributed by atoms with van der Waals surface area (Å²) in [6.07, 6.45) is 0. The minimum absolute atomic E-state index is 0.123. The third kappa shape index (κ3) is 2.69. The summed E-state index contributed by atoms with van der Waals surface area (Å²) in [6, 6.07) is 12.6. The maximum atomic E-state index is 12.4. The second kappa shape index (κ2) is 5.94. The standard InChI is InChI=1S/C18H15N3O4/c1-21-13-5-3-2-4-12(13)20-16(18(21)23)17(22)19-9-11-6-7-14-15(8-11)25-10-24-14/h2-8H,9-10H2,1H3,(H,19,22). The fraction of sp³-hybridized carbons (Fsp3) is 0.167. The Morgan fingerprint density at radius 2 is 2.00 bits per heavy atom. The van der Waals surface area contributed by atoms with Crippen molar-refractivity contribution in [2.24, 2.45) is 7.05 Å². The molecule has 0 radical (unpaired) electrons. The molecule has 4 rings (SSSR count). The molecule has 0 atom stereocenters. The largest absolute Gasteiger partial charge is 0.454 e. The highest BCUT2D eigenvalue weighted by molar-refractivity contribution is 5.93. The van der Waals surface area contributed by atoms with Gasteiger partial charge in [0.1, 0.15) is 0 Å². The number of nitrogens with one attached hydrogen (secondary N) is 1. The molecule has 0 aliphatic carbocycles. The number of nitrogens with zero attached hydrogens (tertiary/aromatic N) is 2. The van der Waals surface area contributed by atoms with Crippen molar-refractivity contribution in [3.05, 3.63) is 64.1 Å². The summed E-state index contributed by atoms with van der Waals surface area (Å²) in [5.41, 5.74) is 1.57. The summed E-state index contributed by atoms with van der Waals surface area (Å²) in [4.78, 5) is 29.0. The molecule has 2 aromatic carbocycles. The highest BCUT2D eigenvalue weighted by Crippen LogP contribution is 2.32. The number of fused-ring (bicyclic) bond motifs is 2. The van der Waals surface area contributed by atoms with Crippen molar-refractivity contribution in [3.63, 3.8) is 0 Å². The smallest absolute Gasteiger partial charge is 0.282 e. The number of para-hydroxylation sites is 2. The lowest BCUT2D eigenvalue weighted by molar-refractivity contribution is 0.0944. The van der Waals surface area contributed by atoms with Crippen molar-refractivity contribution >= 4 is 16.9 Å². The van der Waals surface area contributed by atoms with Crippen LogP contribution in [0.3, 0.4) is 0 Å². The zero-order valence-corrected chi connectivity index (χ0v) is 13.5. The van der Waals surface area contributed by atoms with Crippen LogP contribution in [-0.4, -0.2) is 22.3 Å². The third-order valence-electron chi connectivity index (χ3n) is 4.09. The Kier molecular flexibility index (Phi) is 3.61. The molecular formula is C18H15N3O4. The predicted octanol–water partition coefficient (Wildman–Crippen LogP) is 1.59. The Balaban J connectivity index is 1.58. The van der Waals surface area contributed by atoms with Gasteiger partial charge in [0.25, 0.3) is 11.5 Å². The van der Waals surface area contributed by atoms with Crippen LogP contribution in [0.1, 0.15) is 16.1 Å². The zero-order valence-electron chi connectivity index (χ0n) is 13.5. The molecule has 0 bridgehead atoms. The number of aryl methyl sites for hydroxylation is 1. The second-order valence-electron chi connectivity index (χ2n) is 5.68. The van der Waals surface area contributed by atoms with Gasteiger partial charge in [-0.25, -0.2) is 4.98 Å². The zero-order chi connectivity index (χ0) is 17.4. The first-order valence-electron chi connectivity index (χ1n) is 7.76. The number of ether oxygens (including phenoxy) is 2. The molecule has 126 valence electrons. The van der Waals surface area contributed by atoms with Crippen LogP contribution in [0.5, 0.6) is 11.5 Å². The van der Waals surface area contributed by atoms with E-state index in [-0.39, 0.29) is 19.0 Å². The Morgan fingerprint density at radius 1 is 1.20 bits per heavy atom. The first-order chi connectivity index (χ1) is 12.1. The van der Waals surface area contributed by atoms with Crippen molar-refractivity contribution < 1.29 is 14.3 Å². The normalized spacial score (nSPS) is 12.4. The van der Waals surface area contributed by atoms with Crippen LogP contribution in [0.2, 0.25) is 0 Å². The van der Waals surface area contributed by atoms with E-state index in [2.05, 4.69) is 10.3 Å². The first kappa shape index (κ1) is 15.2. The maximum Gasteiger partial charge on any atom is 0.282 e. The molecule has 1 aliphatic heterocycles. The molecule has 1 aromatic heterocycles. The molecule has 25 heavy (non-hydrogen) atoms. The van der Waals surface area contributed by atoms with Crippen molar-refractivity contribution in [3.8, 4) is 11.5 Å². The van der Waals surface area contributed by atoms with E-state index in [9.17, 15) is 9.59 Å². The monoisotopic (exact) mass is 337 g/mol. The van der Waals surface area contributed by atoms with Crippen molar-refractivity contribution in [1.29, 1.82) is 0 Å². The Bertz CT molecular complexity index is 1040. The fourth-order valence-electron chi connectivity index (χ4n) is 2.74. The second-order valence-corrected chi connectivity index (χ2v) is 5.68. The molecular weight excluding hydrogens is 322 g/mol. The summed E-state index contributed by atoms with van der Waals surface area (Å²) in [6.45, 7) is 0.454. The van der Waals surface area contributed by atoms with E-state index in [1.165, 1.54) is 4.57 Å². The minimum atomic E-state index is -0.510. The summed E-state index contributed by atoms with van der Waals surface area (Å²) >= 11 is 0. The number of carbonyl (C=O) groups is 1. The topological polar surface area (TPSA) is 82.5 Å². The van der Waals surface area contributed by atoms with Gasteiger partial charge >= 0.3 is 0 Å². The molecule has 0 saturated carbocycles. The van der Waals surface area contributed by atoms with Gasteiger partial charge in [-0.2, -0.15) is 0 Å². The molecule has 1 amide bonds. The minimum Gasteiger partial charge on any atom is -0.454 e. The van der Waals surface area contributed by atoms with Crippen LogP contribution in [0.15, 0.2) is 47.3 Å². The highest BCUT2D eigenvalue weighted by Gasteiger charge is 2.17. The number of benzene rings is 2. The third-order valence-corrected chi connectivity index (χ3v) is 4.09. The van der Waals surface area contributed by atoms with E-state index in [1.54, 1.807) is 31.3 Å². The van der Waals surface area contributed by atoms with Crippen molar-refractivity contribution in [2.75, 3.05) is 6.79 Å². The van der Waals surface area contributed by atoms with Gasteiger partial charge in [-0.1, -0.05) is 18.2 Å². The summed E-state index contributed by atoms with van der Waals surface area (Å²) < 4.78 is 12.0. The van der Waals surface area contributed by atoms with Crippen LogP contribution in [0, 0.1) is 0 Å². The highest BCUT2D eigenvalue weighted by atomic mass is 16.7. The average molecular weight is 337 g/mol. The van der Waals surface area contributed by atoms with Crippen LogP contribution in [0.4, 0.5) is 0 Å². The van der Waals surface area contributed by atoms with Crippen molar-refractivity contribution in [1.82, 2.24) is 14.9 Å². The summed E-state index contributed by atoms with van der Waals surface area (Å²) in [5.74, 6) is 0.815. The van der Waals surface area contributed by atoms with Gasteiger partial charge in [0, 0.05) is 13.6 Å². The number of rotatable bonds is 3. The fourth-order valence-corrected chi connectivity index (χ4v) is 2.74. The Labute approximate surface area is 142 Å². The molecule has 1 aliphatic rings. The van der Waals surface area contributed by atoms with Gasteiger partial charge in [0.15, 0.2) is 17.2 Å². The van der Waals surface area contributed by atoms with Crippen LogP contribution in [0.25, 0.3) is 11.0 Å². The molecule has 2 heterocycles. The van der Waals surface area contributed by atoms with E-state index >= 15 is 0 Å². The van der Waals surface area contributed by atoms with Crippen LogP contribution < -0.4 is 20.3 Å². The van der Waals surface area contributed by atoms with E-state index in [0.717, 1.165) is 5.56 Å². The lowest BCUT2D eigenvalue weighted by Crippen LogP contribution is -2.33. The molecule has 3 aromatic rings. The van der Waals surface area contributed by atoms with Crippen LogP contribution in [-0.2, 0) is 13.6 Å². The molecule has 0 saturated heterocycles. The van der Waals surface area contributed by atoms with E-state index < -0.39 is 11.5 Å². The number of aromatic nitrogens is 2. The van der Waals surface area contributed by atoms with Gasteiger partial charge < -0.3 is 19.4 Å². The molecule has 0 spiro atoms. The Hall–Kier alpha value is -3.35. The molecule has 1 N–H and O–H groups in total. The Morgan fingerprint density at radius 3 is 2.88 bits per heavy atom.